The Morgan fingerprint density at radius 1 is 0.319 bits per heavy atom. The predicted molar refractivity (Wildman–Crippen MR) is 297 cm³/mol. The van der Waals surface area contributed by atoms with Crippen molar-refractivity contribution < 1.29 is 28.6 Å². The van der Waals surface area contributed by atoms with Crippen molar-refractivity contribution in [2.45, 2.75) is 284 Å². The molecule has 0 radical (unpaired) electrons. The molecule has 0 aliphatic rings. The highest BCUT2D eigenvalue weighted by Gasteiger charge is 2.19. The maximum Gasteiger partial charge on any atom is 0.309 e. The molecule has 0 aliphatic heterocycles. The zero-order valence-electron chi connectivity index (χ0n) is 45.3. The van der Waals surface area contributed by atoms with E-state index in [-0.39, 0.29) is 31.6 Å². The highest BCUT2D eigenvalue weighted by atomic mass is 16.6. The summed E-state index contributed by atoms with van der Waals surface area (Å²) in [6.07, 6.45) is 74.6. The van der Waals surface area contributed by atoms with Crippen LogP contribution in [0.1, 0.15) is 278 Å². The molecule has 6 heteroatoms. The zero-order valence-corrected chi connectivity index (χ0v) is 45.3. The average Bonchev–Trinajstić information content (AvgIpc) is 3.35. The van der Waals surface area contributed by atoms with E-state index in [0.29, 0.717) is 12.8 Å². The van der Waals surface area contributed by atoms with Crippen molar-refractivity contribution in [1.29, 1.82) is 0 Å². The number of hydrogen-bond donors (Lipinski definition) is 0. The Morgan fingerprint density at radius 3 is 1.04 bits per heavy atom. The van der Waals surface area contributed by atoms with Crippen molar-refractivity contribution >= 4 is 17.9 Å². The minimum absolute atomic E-state index is 0.108. The van der Waals surface area contributed by atoms with Gasteiger partial charge >= 0.3 is 17.9 Å². The van der Waals surface area contributed by atoms with Crippen LogP contribution in [0.3, 0.4) is 0 Å². The topological polar surface area (TPSA) is 78.9 Å². The molecule has 0 saturated carbocycles. The first-order valence-electron chi connectivity index (χ1n) is 29.1. The molecule has 1 atom stereocenters. The van der Waals surface area contributed by atoms with Crippen LogP contribution in [-0.2, 0) is 28.6 Å². The van der Waals surface area contributed by atoms with E-state index >= 15 is 0 Å². The average molecular weight is 962 g/mol. The van der Waals surface area contributed by atoms with Gasteiger partial charge in [0.25, 0.3) is 0 Å². The van der Waals surface area contributed by atoms with Crippen LogP contribution in [-0.4, -0.2) is 37.2 Å². The van der Waals surface area contributed by atoms with Crippen LogP contribution in [0.2, 0.25) is 0 Å². The molecule has 0 bridgehead atoms. The quantitative estimate of drug-likeness (QED) is 0.0262. The SMILES string of the molecule is CC/C=C\C/C=C\C/C=C\C/C=C\C/C=C\CC(=O)OCC(COC(=O)CCCCCCCCCCCCCCCCCCCCC)OC(=O)CCCCCCCCC/C=C\C/C=C\CCCCC. The molecule has 6 nitrogen and oxygen atoms in total. The van der Waals surface area contributed by atoms with Gasteiger partial charge in [-0.05, 0) is 77.0 Å². The maximum absolute atomic E-state index is 12.9. The molecule has 1 unspecified atom stereocenters. The van der Waals surface area contributed by atoms with Crippen LogP contribution >= 0.6 is 0 Å². The first-order chi connectivity index (χ1) is 34.0. The van der Waals surface area contributed by atoms with Crippen LogP contribution in [0.4, 0.5) is 0 Å². The molecule has 69 heavy (non-hydrogen) atoms. The van der Waals surface area contributed by atoms with Gasteiger partial charge < -0.3 is 14.2 Å². The third kappa shape index (κ3) is 55.4. The molecular weight excluding hydrogens is 853 g/mol. The normalized spacial score (nSPS) is 12.7. The Balaban J connectivity index is 4.45. The van der Waals surface area contributed by atoms with E-state index in [4.69, 9.17) is 14.2 Å². The van der Waals surface area contributed by atoms with Gasteiger partial charge in [-0.3, -0.25) is 14.4 Å². The second-order valence-corrected chi connectivity index (χ2v) is 19.2. The van der Waals surface area contributed by atoms with Crippen molar-refractivity contribution in [3.05, 3.63) is 85.1 Å². The number of carbonyl (C=O) groups excluding carboxylic acids is 3. The summed E-state index contributed by atoms with van der Waals surface area (Å²) in [5.74, 6) is -1.04. The summed E-state index contributed by atoms with van der Waals surface area (Å²) in [5.41, 5.74) is 0. The molecule has 0 N–H and O–H groups in total. The van der Waals surface area contributed by atoms with Gasteiger partial charge in [-0.25, -0.2) is 0 Å². The van der Waals surface area contributed by atoms with E-state index in [9.17, 15) is 14.4 Å². The minimum Gasteiger partial charge on any atom is -0.462 e. The van der Waals surface area contributed by atoms with Gasteiger partial charge in [0.1, 0.15) is 13.2 Å². The van der Waals surface area contributed by atoms with Crippen LogP contribution in [0.15, 0.2) is 85.1 Å². The van der Waals surface area contributed by atoms with Crippen molar-refractivity contribution in [2.75, 3.05) is 13.2 Å². The van der Waals surface area contributed by atoms with Crippen LogP contribution in [0, 0.1) is 0 Å². The number of allylic oxidation sites excluding steroid dienone is 13. The van der Waals surface area contributed by atoms with E-state index in [1.807, 2.05) is 6.08 Å². The number of rotatable bonds is 52. The van der Waals surface area contributed by atoms with Gasteiger partial charge in [0, 0.05) is 12.8 Å². The monoisotopic (exact) mass is 961 g/mol. The highest BCUT2D eigenvalue weighted by molar-refractivity contribution is 5.72. The lowest BCUT2D eigenvalue weighted by atomic mass is 10.0. The van der Waals surface area contributed by atoms with E-state index < -0.39 is 12.1 Å². The largest absolute Gasteiger partial charge is 0.462 e. The molecule has 0 fully saturated rings. The van der Waals surface area contributed by atoms with Gasteiger partial charge in [-0.1, -0.05) is 266 Å². The van der Waals surface area contributed by atoms with E-state index in [1.54, 1.807) is 6.08 Å². The Kier molecular flexibility index (Phi) is 54.3. The number of esters is 3. The summed E-state index contributed by atoms with van der Waals surface area (Å²) >= 11 is 0. The molecule has 0 aromatic rings. The Hall–Kier alpha value is -3.41. The van der Waals surface area contributed by atoms with Crippen molar-refractivity contribution in [1.82, 2.24) is 0 Å². The second kappa shape index (κ2) is 57.2. The lowest BCUT2D eigenvalue weighted by Crippen LogP contribution is -2.30. The molecular formula is C63H108O6. The fourth-order valence-corrected chi connectivity index (χ4v) is 8.08. The molecule has 0 spiro atoms. The first-order valence-corrected chi connectivity index (χ1v) is 29.1. The van der Waals surface area contributed by atoms with Gasteiger partial charge in [0.15, 0.2) is 6.10 Å². The molecule has 396 valence electrons. The van der Waals surface area contributed by atoms with E-state index in [1.165, 1.54) is 154 Å². The Morgan fingerprint density at radius 2 is 0.623 bits per heavy atom. The zero-order chi connectivity index (χ0) is 50.0. The molecule has 0 amide bonds. The molecule has 0 aromatic carbocycles. The van der Waals surface area contributed by atoms with Gasteiger partial charge in [-0.2, -0.15) is 0 Å². The molecule has 0 rings (SSSR count). The lowest BCUT2D eigenvalue weighted by Gasteiger charge is -2.18. The second-order valence-electron chi connectivity index (χ2n) is 19.2. The smallest absolute Gasteiger partial charge is 0.309 e. The minimum atomic E-state index is -0.820. The standard InChI is InChI=1S/C63H108O6/c1-4-7-10-13-16-19-22-25-28-30-31-33-35-38-41-44-47-50-53-56-62(65)68-59-60(58-67-61(64)55-52-49-46-43-40-37-34-27-24-21-18-15-12-9-6-3)69-63(66)57-54-51-48-45-42-39-36-32-29-26-23-20-17-14-11-8-5-2/h9,12,17-18,20-21,26-27,29,34,40,43,49,52,60H,4-8,10-11,13-16,19,22-25,28,30-33,35-39,41-42,44-48,50-51,53-59H2,1-3H3/b12-9-,20-17-,21-18-,29-26-,34-27-,43-40-,52-49-. The summed E-state index contributed by atoms with van der Waals surface area (Å²) in [6, 6.07) is 0. The summed E-state index contributed by atoms with van der Waals surface area (Å²) < 4.78 is 16.8. The van der Waals surface area contributed by atoms with Gasteiger partial charge in [-0.15, -0.1) is 0 Å². The third-order valence-corrected chi connectivity index (χ3v) is 12.4. The summed E-state index contributed by atoms with van der Waals surface area (Å²) in [4.78, 5) is 38.1. The maximum atomic E-state index is 12.9. The van der Waals surface area contributed by atoms with Crippen molar-refractivity contribution in [3.8, 4) is 0 Å². The molecule has 0 heterocycles. The van der Waals surface area contributed by atoms with E-state index in [2.05, 4.69) is 93.7 Å². The Labute approximate surface area is 426 Å². The predicted octanol–water partition coefficient (Wildman–Crippen LogP) is 19.5. The summed E-state index contributed by atoms with van der Waals surface area (Å²) in [6.45, 7) is 6.43. The fraction of sp³-hybridized carbons (Fsp3) is 0.730. The van der Waals surface area contributed by atoms with Crippen LogP contribution in [0.25, 0.3) is 0 Å². The Bertz CT molecular complexity index is 1330. The van der Waals surface area contributed by atoms with Crippen LogP contribution < -0.4 is 0 Å². The summed E-state index contributed by atoms with van der Waals surface area (Å²) in [5, 5.41) is 0. The van der Waals surface area contributed by atoms with Crippen molar-refractivity contribution in [2.24, 2.45) is 0 Å². The molecule has 0 aromatic heterocycles. The lowest BCUT2D eigenvalue weighted by molar-refractivity contribution is -0.166. The number of carbonyl (C=O) groups is 3. The summed E-state index contributed by atoms with van der Waals surface area (Å²) in [7, 11) is 0. The van der Waals surface area contributed by atoms with Gasteiger partial charge in [0.05, 0.1) is 6.42 Å². The number of unbranched alkanes of at least 4 members (excludes halogenated alkanes) is 28. The third-order valence-electron chi connectivity index (χ3n) is 12.4. The number of ether oxygens (including phenoxy) is 3. The molecule has 0 saturated heterocycles. The number of hydrogen-bond acceptors (Lipinski definition) is 6. The van der Waals surface area contributed by atoms with Crippen LogP contribution in [0.5, 0.6) is 0 Å². The van der Waals surface area contributed by atoms with E-state index in [0.717, 1.165) is 83.5 Å². The van der Waals surface area contributed by atoms with Gasteiger partial charge in [0.2, 0.25) is 0 Å². The highest BCUT2D eigenvalue weighted by Crippen LogP contribution is 2.16. The van der Waals surface area contributed by atoms with Crippen molar-refractivity contribution in [3.63, 3.8) is 0 Å². The molecule has 0 aliphatic carbocycles. The first kappa shape index (κ1) is 65.6. The fourth-order valence-electron chi connectivity index (χ4n) is 8.08.